The lowest BCUT2D eigenvalue weighted by atomic mass is 9.85. The van der Waals surface area contributed by atoms with Crippen molar-refractivity contribution in [3.8, 4) is 0 Å². The summed E-state index contributed by atoms with van der Waals surface area (Å²) in [5.41, 5.74) is 0. The van der Waals surface area contributed by atoms with Crippen molar-refractivity contribution >= 4 is 12.0 Å². The fourth-order valence-electron chi connectivity index (χ4n) is 1.86. The predicted molar refractivity (Wildman–Crippen MR) is 66.8 cm³/mol. The lowest BCUT2D eigenvalue weighted by Crippen LogP contribution is -2.43. The van der Waals surface area contributed by atoms with E-state index in [1.54, 1.807) is 0 Å². The molecule has 0 fully saturated rings. The minimum Gasteiger partial charge on any atom is -0.480 e. The van der Waals surface area contributed by atoms with E-state index in [1.165, 1.54) is 11.9 Å². The first-order valence-corrected chi connectivity index (χ1v) is 5.96. The molecule has 0 aromatic heterocycles. The van der Waals surface area contributed by atoms with E-state index in [1.807, 2.05) is 0 Å². The molecule has 2 amide bonds. The van der Waals surface area contributed by atoms with Crippen LogP contribution in [0.25, 0.3) is 0 Å². The molecule has 0 radical (unpaired) electrons. The summed E-state index contributed by atoms with van der Waals surface area (Å²) in [7, 11) is 1.48. The third-order valence-electron chi connectivity index (χ3n) is 2.92. The number of hydrogen-bond donors (Lipinski definition) is 2. The molecule has 0 aliphatic heterocycles. The van der Waals surface area contributed by atoms with E-state index in [2.05, 4.69) is 33.0 Å². The van der Waals surface area contributed by atoms with Gasteiger partial charge < -0.3 is 15.3 Å². The Bertz CT molecular complexity index is 256. The molecule has 0 spiro atoms. The highest BCUT2D eigenvalue weighted by Crippen LogP contribution is 2.19. The van der Waals surface area contributed by atoms with Crippen LogP contribution in [-0.2, 0) is 4.79 Å². The Balaban J connectivity index is 4.17. The SMILES string of the molecule is CC(C)C(CNC(=O)N(C)CC(=O)O)C(C)C. The Kier molecular flexibility index (Phi) is 6.61. The van der Waals surface area contributed by atoms with Gasteiger partial charge in [-0.2, -0.15) is 0 Å². The molecular formula is C12H24N2O3. The lowest BCUT2D eigenvalue weighted by Gasteiger charge is -2.26. The van der Waals surface area contributed by atoms with Gasteiger partial charge in [-0.1, -0.05) is 27.7 Å². The molecule has 0 aromatic carbocycles. The quantitative estimate of drug-likeness (QED) is 0.746. The van der Waals surface area contributed by atoms with E-state index in [4.69, 9.17) is 5.11 Å². The van der Waals surface area contributed by atoms with E-state index < -0.39 is 5.97 Å². The Labute approximate surface area is 103 Å². The second-order valence-corrected chi connectivity index (χ2v) is 5.09. The van der Waals surface area contributed by atoms with E-state index in [0.29, 0.717) is 24.3 Å². The highest BCUT2D eigenvalue weighted by molar-refractivity contribution is 5.79. The average Bonchev–Trinajstić information content (AvgIpc) is 2.15. The van der Waals surface area contributed by atoms with Crippen molar-refractivity contribution in [2.45, 2.75) is 27.7 Å². The number of hydrogen-bond acceptors (Lipinski definition) is 2. The van der Waals surface area contributed by atoms with Crippen LogP contribution in [0.3, 0.4) is 0 Å². The normalized spacial score (nSPS) is 11.1. The molecule has 0 unspecified atom stereocenters. The van der Waals surface area contributed by atoms with Gasteiger partial charge in [-0.3, -0.25) is 4.79 Å². The van der Waals surface area contributed by atoms with Crippen molar-refractivity contribution < 1.29 is 14.7 Å². The maximum atomic E-state index is 11.6. The molecule has 0 aliphatic carbocycles. The number of carbonyl (C=O) groups is 2. The highest BCUT2D eigenvalue weighted by atomic mass is 16.4. The number of likely N-dealkylation sites (N-methyl/N-ethyl adjacent to an activating group) is 1. The molecule has 2 N–H and O–H groups in total. The van der Waals surface area contributed by atoms with Crippen molar-refractivity contribution in [3.05, 3.63) is 0 Å². The Morgan fingerprint density at radius 3 is 2.00 bits per heavy atom. The fraction of sp³-hybridized carbons (Fsp3) is 0.833. The van der Waals surface area contributed by atoms with Crippen LogP contribution in [0, 0.1) is 17.8 Å². The van der Waals surface area contributed by atoms with Gasteiger partial charge in [-0.25, -0.2) is 4.79 Å². The molecule has 0 bridgehead atoms. The second kappa shape index (κ2) is 7.14. The van der Waals surface area contributed by atoms with Gasteiger partial charge in [0, 0.05) is 13.6 Å². The number of carboxylic acids is 1. The van der Waals surface area contributed by atoms with Crippen LogP contribution in [-0.4, -0.2) is 42.1 Å². The molecule has 17 heavy (non-hydrogen) atoms. The zero-order chi connectivity index (χ0) is 13.6. The zero-order valence-corrected chi connectivity index (χ0v) is 11.4. The molecule has 0 aromatic rings. The summed E-state index contributed by atoms with van der Waals surface area (Å²) in [6.07, 6.45) is 0. The number of nitrogens with one attached hydrogen (secondary N) is 1. The largest absolute Gasteiger partial charge is 0.480 e. The van der Waals surface area contributed by atoms with Crippen LogP contribution in [0.2, 0.25) is 0 Å². The summed E-state index contributed by atoms with van der Waals surface area (Å²) in [6, 6.07) is -0.335. The first kappa shape index (κ1) is 15.7. The third kappa shape index (κ3) is 6.14. The number of amides is 2. The van der Waals surface area contributed by atoms with Gasteiger partial charge >= 0.3 is 12.0 Å². The van der Waals surface area contributed by atoms with Gasteiger partial charge in [0.1, 0.15) is 6.54 Å². The predicted octanol–water partition coefficient (Wildman–Crippen LogP) is 1.64. The molecule has 100 valence electrons. The molecular weight excluding hydrogens is 220 g/mol. The molecule has 0 aliphatic rings. The van der Waals surface area contributed by atoms with Crippen molar-refractivity contribution in [1.29, 1.82) is 0 Å². The van der Waals surface area contributed by atoms with E-state index in [9.17, 15) is 9.59 Å². The number of aliphatic carboxylic acids is 1. The summed E-state index contributed by atoms with van der Waals surface area (Å²) in [6.45, 7) is 8.79. The molecule has 0 rings (SSSR count). The topological polar surface area (TPSA) is 69.6 Å². The average molecular weight is 244 g/mol. The van der Waals surface area contributed by atoms with Gasteiger partial charge in [0.15, 0.2) is 0 Å². The molecule has 0 heterocycles. The number of rotatable bonds is 6. The van der Waals surface area contributed by atoms with Gasteiger partial charge in [-0.05, 0) is 17.8 Å². The van der Waals surface area contributed by atoms with Crippen molar-refractivity contribution in [1.82, 2.24) is 10.2 Å². The first-order chi connectivity index (χ1) is 7.75. The zero-order valence-electron chi connectivity index (χ0n) is 11.4. The molecule has 0 atom stereocenters. The molecule has 0 saturated heterocycles. The molecule has 5 nitrogen and oxygen atoms in total. The highest BCUT2D eigenvalue weighted by Gasteiger charge is 2.19. The molecule has 5 heteroatoms. The van der Waals surface area contributed by atoms with Crippen LogP contribution in [0.5, 0.6) is 0 Å². The van der Waals surface area contributed by atoms with E-state index in [-0.39, 0.29) is 12.6 Å². The lowest BCUT2D eigenvalue weighted by molar-refractivity contribution is -0.137. The Hall–Kier alpha value is -1.26. The summed E-state index contributed by atoms with van der Waals surface area (Å²) in [5, 5.41) is 11.3. The maximum Gasteiger partial charge on any atom is 0.323 e. The van der Waals surface area contributed by atoms with Crippen LogP contribution in [0.15, 0.2) is 0 Å². The second-order valence-electron chi connectivity index (χ2n) is 5.09. The number of carboxylic acid groups (broad SMARTS) is 1. The van der Waals surface area contributed by atoms with Crippen LogP contribution in [0.1, 0.15) is 27.7 Å². The van der Waals surface area contributed by atoms with Gasteiger partial charge in [0.25, 0.3) is 0 Å². The van der Waals surface area contributed by atoms with Crippen LogP contribution >= 0.6 is 0 Å². The number of carbonyl (C=O) groups excluding carboxylic acids is 1. The summed E-state index contributed by atoms with van der Waals surface area (Å²) >= 11 is 0. The molecule has 0 saturated carbocycles. The number of urea groups is 1. The van der Waals surface area contributed by atoms with Crippen LogP contribution < -0.4 is 5.32 Å². The van der Waals surface area contributed by atoms with E-state index in [0.717, 1.165) is 0 Å². The summed E-state index contributed by atoms with van der Waals surface area (Å²) in [5.74, 6) is 0.365. The number of nitrogens with zero attached hydrogens (tertiary/aromatic N) is 1. The van der Waals surface area contributed by atoms with Gasteiger partial charge in [0.2, 0.25) is 0 Å². The smallest absolute Gasteiger partial charge is 0.323 e. The van der Waals surface area contributed by atoms with Crippen LogP contribution in [0.4, 0.5) is 4.79 Å². The first-order valence-electron chi connectivity index (χ1n) is 5.96. The minimum atomic E-state index is -1.01. The summed E-state index contributed by atoms with van der Waals surface area (Å²) < 4.78 is 0. The minimum absolute atomic E-state index is 0.278. The Morgan fingerprint density at radius 1 is 1.18 bits per heavy atom. The Morgan fingerprint density at radius 2 is 1.65 bits per heavy atom. The standard InChI is InChI=1S/C12H24N2O3/c1-8(2)10(9(3)4)6-13-12(17)14(5)7-11(15)16/h8-10H,6-7H2,1-5H3,(H,13,17)(H,15,16). The third-order valence-corrected chi connectivity index (χ3v) is 2.92. The van der Waals surface area contributed by atoms with Gasteiger partial charge in [0.05, 0.1) is 0 Å². The monoisotopic (exact) mass is 244 g/mol. The van der Waals surface area contributed by atoms with Crippen molar-refractivity contribution in [2.24, 2.45) is 17.8 Å². The maximum absolute atomic E-state index is 11.6. The van der Waals surface area contributed by atoms with Crippen molar-refractivity contribution in [2.75, 3.05) is 20.1 Å². The van der Waals surface area contributed by atoms with Crippen molar-refractivity contribution in [3.63, 3.8) is 0 Å². The fourth-order valence-corrected chi connectivity index (χ4v) is 1.86. The van der Waals surface area contributed by atoms with E-state index >= 15 is 0 Å². The van der Waals surface area contributed by atoms with Gasteiger partial charge in [-0.15, -0.1) is 0 Å². The summed E-state index contributed by atoms with van der Waals surface area (Å²) in [4.78, 5) is 23.2.